The number of nitrogens with zero attached hydrogens (tertiary/aromatic N) is 3. The van der Waals surface area contributed by atoms with Crippen molar-refractivity contribution in [3.63, 3.8) is 0 Å². The largest absolute Gasteiger partial charge is 0.397 e. The molecule has 3 heterocycles. The molecule has 2 aromatic carbocycles. The number of anilines is 3. The third kappa shape index (κ3) is 5.34. The van der Waals surface area contributed by atoms with Gasteiger partial charge in [0.1, 0.15) is 0 Å². The minimum absolute atomic E-state index is 0.216. The highest BCUT2D eigenvalue weighted by Crippen LogP contribution is 2.30. The van der Waals surface area contributed by atoms with Gasteiger partial charge in [-0.1, -0.05) is 24.3 Å². The van der Waals surface area contributed by atoms with E-state index in [4.69, 9.17) is 5.73 Å². The average molecular weight is 479 g/mol. The summed E-state index contributed by atoms with van der Waals surface area (Å²) in [6.07, 6.45) is 5.21. The van der Waals surface area contributed by atoms with Gasteiger partial charge in [0.25, 0.3) is 5.91 Å². The second kappa shape index (κ2) is 10.1. The number of nitrogens with two attached hydrogens (primary N) is 1. The number of carbonyl (C=O) groups is 1. The second-order valence-electron chi connectivity index (χ2n) is 7.79. The van der Waals surface area contributed by atoms with Gasteiger partial charge in [0, 0.05) is 41.1 Å². The molecule has 5 rings (SSSR count). The standard InChI is InChI=1S/C27H22N6OS/c28-22-10-9-20(25-4-2-14-35-25)15-24(22)32-26(34)19-7-5-18(6-8-19)16-31-27-30-13-11-23(33-27)21-3-1-12-29-17-21/h1-15,17H,16,28H2,(H,32,34)(H,30,31,33). The highest BCUT2D eigenvalue weighted by molar-refractivity contribution is 7.13. The number of hydrogen-bond acceptors (Lipinski definition) is 7. The quantitative estimate of drug-likeness (QED) is 0.259. The number of nitrogen functional groups attached to an aromatic ring is 1. The molecule has 3 aromatic heterocycles. The van der Waals surface area contributed by atoms with E-state index in [0.717, 1.165) is 27.3 Å². The van der Waals surface area contributed by atoms with Crippen LogP contribution in [-0.2, 0) is 6.54 Å². The molecule has 0 radical (unpaired) electrons. The van der Waals surface area contributed by atoms with E-state index in [1.807, 2.05) is 66.0 Å². The van der Waals surface area contributed by atoms with Gasteiger partial charge in [0.2, 0.25) is 5.95 Å². The number of aromatic nitrogens is 3. The maximum absolute atomic E-state index is 12.8. The number of benzene rings is 2. The van der Waals surface area contributed by atoms with Crippen LogP contribution < -0.4 is 16.4 Å². The zero-order valence-electron chi connectivity index (χ0n) is 18.7. The van der Waals surface area contributed by atoms with Gasteiger partial charge in [0.05, 0.1) is 17.1 Å². The van der Waals surface area contributed by atoms with E-state index in [0.29, 0.717) is 29.4 Å². The summed E-state index contributed by atoms with van der Waals surface area (Å²) in [4.78, 5) is 26.9. The van der Waals surface area contributed by atoms with E-state index in [9.17, 15) is 4.79 Å². The van der Waals surface area contributed by atoms with Crippen LogP contribution in [0.25, 0.3) is 21.7 Å². The molecule has 0 atom stereocenters. The fourth-order valence-corrected chi connectivity index (χ4v) is 4.25. The molecular formula is C27H22N6OS. The number of amides is 1. The highest BCUT2D eigenvalue weighted by Gasteiger charge is 2.10. The molecule has 5 aromatic rings. The summed E-state index contributed by atoms with van der Waals surface area (Å²) in [5.74, 6) is 0.307. The molecule has 7 nitrogen and oxygen atoms in total. The van der Waals surface area contributed by atoms with Crippen molar-refractivity contribution in [2.45, 2.75) is 6.54 Å². The Morgan fingerprint density at radius 3 is 2.60 bits per heavy atom. The predicted octanol–water partition coefficient (Wildman–Crippen LogP) is 5.71. The zero-order chi connectivity index (χ0) is 24.0. The molecule has 4 N–H and O–H groups in total. The Labute approximate surface area is 206 Å². The molecule has 0 saturated heterocycles. The fourth-order valence-electron chi connectivity index (χ4n) is 3.53. The molecule has 0 unspecified atom stereocenters. The lowest BCUT2D eigenvalue weighted by molar-refractivity contribution is 0.102. The topological polar surface area (TPSA) is 106 Å². The van der Waals surface area contributed by atoms with Crippen LogP contribution >= 0.6 is 11.3 Å². The number of pyridine rings is 1. The Bertz CT molecular complexity index is 1440. The van der Waals surface area contributed by atoms with Crippen molar-refractivity contribution in [3.05, 3.63) is 108 Å². The summed E-state index contributed by atoms with van der Waals surface area (Å²) in [7, 11) is 0. The minimum atomic E-state index is -0.216. The molecule has 0 aliphatic carbocycles. The van der Waals surface area contributed by atoms with Crippen molar-refractivity contribution >= 4 is 34.6 Å². The normalized spacial score (nSPS) is 10.6. The van der Waals surface area contributed by atoms with Gasteiger partial charge in [-0.15, -0.1) is 11.3 Å². The van der Waals surface area contributed by atoms with Crippen LogP contribution in [0.3, 0.4) is 0 Å². The van der Waals surface area contributed by atoms with E-state index in [1.165, 1.54) is 0 Å². The van der Waals surface area contributed by atoms with Crippen molar-refractivity contribution in [3.8, 4) is 21.7 Å². The molecule has 0 aliphatic heterocycles. The monoisotopic (exact) mass is 478 g/mol. The lowest BCUT2D eigenvalue weighted by atomic mass is 10.1. The highest BCUT2D eigenvalue weighted by atomic mass is 32.1. The van der Waals surface area contributed by atoms with Crippen molar-refractivity contribution in [2.24, 2.45) is 0 Å². The van der Waals surface area contributed by atoms with Crippen molar-refractivity contribution < 1.29 is 4.79 Å². The van der Waals surface area contributed by atoms with Gasteiger partial charge in [-0.25, -0.2) is 9.97 Å². The van der Waals surface area contributed by atoms with Crippen molar-refractivity contribution in [1.82, 2.24) is 15.0 Å². The lowest BCUT2D eigenvalue weighted by Crippen LogP contribution is -2.13. The SMILES string of the molecule is Nc1ccc(-c2cccs2)cc1NC(=O)c1ccc(CNc2nccc(-c3cccnc3)n2)cc1. The van der Waals surface area contributed by atoms with Gasteiger partial charge < -0.3 is 16.4 Å². The fraction of sp³-hybridized carbons (Fsp3) is 0.0370. The average Bonchev–Trinajstić information content (AvgIpc) is 3.45. The van der Waals surface area contributed by atoms with Crippen LogP contribution in [-0.4, -0.2) is 20.9 Å². The first-order chi connectivity index (χ1) is 17.2. The minimum Gasteiger partial charge on any atom is -0.397 e. The van der Waals surface area contributed by atoms with Crippen LogP contribution in [0.4, 0.5) is 17.3 Å². The molecule has 1 amide bonds. The van der Waals surface area contributed by atoms with Gasteiger partial charge in [0.15, 0.2) is 0 Å². The number of carbonyl (C=O) groups excluding carboxylic acids is 1. The predicted molar refractivity (Wildman–Crippen MR) is 141 cm³/mol. The number of nitrogens with one attached hydrogen (secondary N) is 2. The van der Waals surface area contributed by atoms with Gasteiger partial charge in [-0.3, -0.25) is 9.78 Å². The summed E-state index contributed by atoms with van der Waals surface area (Å²) in [5, 5.41) is 8.17. The van der Waals surface area contributed by atoms with Gasteiger partial charge in [-0.05, 0) is 65.0 Å². The maximum Gasteiger partial charge on any atom is 0.255 e. The number of hydrogen-bond donors (Lipinski definition) is 3. The van der Waals surface area contributed by atoms with E-state index >= 15 is 0 Å². The Balaban J connectivity index is 1.23. The smallest absolute Gasteiger partial charge is 0.255 e. The van der Waals surface area contributed by atoms with Gasteiger partial charge in [-0.2, -0.15) is 0 Å². The summed E-state index contributed by atoms with van der Waals surface area (Å²) in [6, 6.07) is 22.7. The lowest BCUT2D eigenvalue weighted by Gasteiger charge is -2.11. The molecule has 0 spiro atoms. The molecule has 0 saturated carbocycles. The van der Waals surface area contributed by atoms with Crippen molar-refractivity contribution in [1.29, 1.82) is 0 Å². The molecular weight excluding hydrogens is 456 g/mol. The third-order valence-electron chi connectivity index (χ3n) is 5.39. The van der Waals surface area contributed by atoms with Crippen LogP contribution in [0.5, 0.6) is 0 Å². The third-order valence-corrected chi connectivity index (χ3v) is 6.31. The number of rotatable bonds is 7. The van der Waals surface area contributed by atoms with Crippen molar-refractivity contribution in [2.75, 3.05) is 16.4 Å². The molecule has 8 heteroatoms. The molecule has 0 bridgehead atoms. The number of thiophene rings is 1. The van der Waals surface area contributed by atoms with Crippen LogP contribution in [0.2, 0.25) is 0 Å². The maximum atomic E-state index is 12.8. The first-order valence-electron chi connectivity index (χ1n) is 11.0. The van der Waals surface area contributed by atoms with Gasteiger partial charge >= 0.3 is 0 Å². The summed E-state index contributed by atoms with van der Waals surface area (Å²) in [5.41, 5.74) is 11.5. The summed E-state index contributed by atoms with van der Waals surface area (Å²) >= 11 is 1.64. The summed E-state index contributed by atoms with van der Waals surface area (Å²) < 4.78 is 0. The molecule has 172 valence electrons. The van der Waals surface area contributed by atoms with Crippen LogP contribution in [0.15, 0.2) is 96.8 Å². The van der Waals surface area contributed by atoms with Crippen LogP contribution in [0.1, 0.15) is 15.9 Å². The molecule has 35 heavy (non-hydrogen) atoms. The molecule has 0 fully saturated rings. The van der Waals surface area contributed by atoms with E-state index < -0.39 is 0 Å². The molecule has 0 aliphatic rings. The first kappa shape index (κ1) is 22.2. The van der Waals surface area contributed by atoms with E-state index in [2.05, 4.69) is 25.6 Å². The summed E-state index contributed by atoms with van der Waals surface area (Å²) in [6.45, 7) is 0.522. The zero-order valence-corrected chi connectivity index (χ0v) is 19.5. The Kier molecular flexibility index (Phi) is 6.45. The Morgan fingerprint density at radius 2 is 1.83 bits per heavy atom. The second-order valence-corrected chi connectivity index (χ2v) is 8.74. The first-order valence-corrected chi connectivity index (χ1v) is 11.8. The Hall–Kier alpha value is -4.56. The van der Waals surface area contributed by atoms with Crippen LogP contribution in [0, 0.1) is 0 Å². The Morgan fingerprint density at radius 1 is 0.943 bits per heavy atom. The van der Waals surface area contributed by atoms with E-state index in [-0.39, 0.29) is 5.91 Å². The van der Waals surface area contributed by atoms with E-state index in [1.54, 1.807) is 42.1 Å².